The Hall–Kier alpha value is -0.560. The van der Waals surface area contributed by atoms with Crippen LogP contribution in [0.2, 0.25) is 0 Å². The summed E-state index contributed by atoms with van der Waals surface area (Å²) in [6.07, 6.45) is 19.1. The van der Waals surface area contributed by atoms with Crippen molar-refractivity contribution in [1.82, 2.24) is 0 Å². The molecule has 0 aromatic carbocycles. The van der Waals surface area contributed by atoms with Crippen LogP contribution in [0.4, 0.5) is 0 Å². The number of hydrogen-bond donors (Lipinski definition) is 1. The second-order valence-corrected chi connectivity index (χ2v) is 12.4. The zero-order chi connectivity index (χ0) is 21.7. The summed E-state index contributed by atoms with van der Waals surface area (Å²) in [5, 5.41) is 10.2. The summed E-state index contributed by atoms with van der Waals surface area (Å²) in [6, 6.07) is 0. The van der Waals surface area contributed by atoms with Crippen molar-refractivity contribution in [1.29, 1.82) is 0 Å². The van der Waals surface area contributed by atoms with E-state index in [-0.39, 0.29) is 6.10 Å². The summed E-state index contributed by atoms with van der Waals surface area (Å²) < 4.78 is 0. The van der Waals surface area contributed by atoms with Crippen molar-refractivity contribution in [3.63, 3.8) is 0 Å². The fourth-order valence-electron chi connectivity index (χ4n) is 8.83. The third-order valence-electron chi connectivity index (χ3n) is 10.8. The van der Waals surface area contributed by atoms with Gasteiger partial charge in [0.05, 0.1) is 6.10 Å². The van der Waals surface area contributed by atoms with E-state index in [1.54, 1.807) is 5.57 Å². The van der Waals surface area contributed by atoms with Gasteiger partial charge < -0.3 is 5.11 Å². The van der Waals surface area contributed by atoms with Gasteiger partial charge >= 0.3 is 0 Å². The molecule has 4 aliphatic rings. The number of hydrogen-bond acceptors (Lipinski definition) is 1. The first-order chi connectivity index (χ1) is 14.2. The number of allylic oxidation sites excluding steroid dienone is 3. The Labute approximate surface area is 186 Å². The molecule has 30 heavy (non-hydrogen) atoms. The third-order valence-corrected chi connectivity index (χ3v) is 10.8. The molecule has 4 rings (SSSR count). The van der Waals surface area contributed by atoms with Crippen LogP contribution >= 0.6 is 0 Å². The van der Waals surface area contributed by atoms with Crippen molar-refractivity contribution in [3.8, 4) is 0 Å². The molecular formula is C29H48O. The van der Waals surface area contributed by atoms with Gasteiger partial charge in [0.2, 0.25) is 0 Å². The zero-order valence-electron chi connectivity index (χ0n) is 20.7. The van der Waals surface area contributed by atoms with E-state index in [2.05, 4.69) is 59.8 Å². The monoisotopic (exact) mass is 412 g/mol. The smallest absolute Gasteiger partial charge is 0.0577 e. The Morgan fingerprint density at radius 2 is 1.80 bits per heavy atom. The van der Waals surface area contributed by atoms with Gasteiger partial charge in [-0.3, -0.25) is 0 Å². The molecule has 3 fully saturated rings. The van der Waals surface area contributed by atoms with Crippen LogP contribution in [0.15, 0.2) is 23.8 Å². The van der Waals surface area contributed by atoms with E-state index < -0.39 is 0 Å². The SMILES string of the molecule is CC[C@H](C=C[C@@H](C)[C@H]1CC[C@H]2[C@@H]3CC=C4C[C@@H](O)CC[C@]4(C)[C@@H]3CC[C@]12C)C(C)C. The molecule has 1 nitrogen and oxygen atoms in total. The van der Waals surface area contributed by atoms with E-state index in [1.807, 2.05) is 0 Å². The van der Waals surface area contributed by atoms with Crippen LogP contribution in [-0.4, -0.2) is 11.2 Å². The predicted octanol–water partition coefficient (Wildman–Crippen LogP) is 7.80. The molecule has 0 unspecified atom stereocenters. The molecule has 0 saturated heterocycles. The van der Waals surface area contributed by atoms with Crippen LogP contribution in [-0.2, 0) is 0 Å². The van der Waals surface area contributed by atoms with Gasteiger partial charge in [-0.05, 0) is 110 Å². The van der Waals surface area contributed by atoms with Crippen molar-refractivity contribution in [3.05, 3.63) is 23.8 Å². The van der Waals surface area contributed by atoms with Gasteiger partial charge in [0.1, 0.15) is 0 Å². The van der Waals surface area contributed by atoms with Gasteiger partial charge in [-0.1, -0.05) is 65.3 Å². The molecule has 9 atom stereocenters. The van der Waals surface area contributed by atoms with Crippen LogP contribution < -0.4 is 0 Å². The zero-order valence-corrected chi connectivity index (χ0v) is 20.7. The molecule has 0 radical (unpaired) electrons. The molecule has 4 aliphatic carbocycles. The molecule has 0 bridgehead atoms. The lowest BCUT2D eigenvalue weighted by atomic mass is 9.47. The van der Waals surface area contributed by atoms with E-state index >= 15 is 0 Å². The lowest BCUT2D eigenvalue weighted by Crippen LogP contribution is -2.50. The summed E-state index contributed by atoms with van der Waals surface area (Å²) in [6.45, 7) is 14.8. The Morgan fingerprint density at radius 3 is 2.50 bits per heavy atom. The van der Waals surface area contributed by atoms with Crippen molar-refractivity contribution in [2.45, 2.75) is 105 Å². The molecule has 3 saturated carbocycles. The van der Waals surface area contributed by atoms with Gasteiger partial charge in [0.15, 0.2) is 0 Å². The molecule has 0 spiro atoms. The Kier molecular flexibility index (Phi) is 6.35. The van der Waals surface area contributed by atoms with Crippen molar-refractivity contribution < 1.29 is 5.11 Å². The van der Waals surface area contributed by atoms with E-state index in [0.717, 1.165) is 48.3 Å². The summed E-state index contributed by atoms with van der Waals surface area (Å²) in [4.78, 5) is 0. The van der Waals surface area contributed by atoms with E-state index in [9.17, 15) is 5.11 Å². The van der Waals surface area contributed by atoms with Crippen LogP contribution in [0.1, 0.15) is 99.3 Å². The maximum atomic E-state index is 10.2. The molecule has 0 amide bonds. The molecule has 0 aliphatic heterocycles. The Bertz CT molecular complexity index is 674. The van der Waals surface area contributed by atoms with Crippen molar-refractivity contribution >= 4 is 0 Å². The van der Waals surface area contributed by atoms with E-state index in [0.29, 0.717) is 16.7 Å². The average molecular weight is 413 g/mol. The van der Waals surface area contributed by atoms with Gasteiger partial charge in [0.25, 0.3) is 0 Å². The summed E-state index contributed by atoms with van der Waals surface area (Å²) in [5.41, 5.74) is 2.51. The van der Waals surface area contributed by atoms with E-state index in [4.69, 9.17) is 0 Å². The van der Waals surface area contributed by atoms with Gasteiger partial charge in [-0.2, -0.15) is 0 Å². The maximum absolute atomic E-state index is 10.2. The largest absolute Gasteiger partial charge is 0.393 e. The molecule has 1 N–H and O–H groups in total. The maximum Gasteiger partial charge on any atom is 0.0577 e. The first-order valence-electron chi connectivity index (χ1n) is 13.3. The second kappa shape index (κ2) is 8.42. The minimum atomic E-state index is -0.0870. The summed E-state index contributed by atoms with van der Waals surface area (Å²) in [7, 11) is 0. The van der Waals surface area contributed by atoms with Gasteiger partial charge in [-0.25, -0.2) is 0 Å². The molecular weight excluding hydrogens is 364 g/mol. The Balaban J connectivity index is 1.52. The Morgan fingerprint density at radius 1 is 1.03 bits per heavy atom. The average Bonchev–Trinajstić information content (AvgIpc) is 3.06. The summed E-state index contributed by atoms with van der Waals surface area (Å²) >= 11 is 0. The van der Waals surface area contributed by atoms with Gasteiger partial charge in [-0.15, -0.1) is 0 Å². The van der Waals surface area contributed by atoms with Crippen LogP contribution in [0, 0.1) is 52.3 Å². The number of rotatable bonds is 5. The van der Waals surface area contributed by atoms with Crippen molar-refractivity contribution in [2.75, 3.05) is 0 Å². The number of aliphatic hydroxyl groups is 1. The standard InChI is InChI=1S/C29H48O/c1-7-21(19(2)3)9-8-20(4)25-12-13-26-24-11-10-22-18-23(30)14-16-28(22,5)27(24)15-17-29(25,26)6/h8-10,19-21,23-27,30H,7,11-18H2,1-6H3/t20-,21-,23+,24+,25-,26+,27-,28+,29-/m1/s1. The van der Waals surface area contributed by atoms with Crippen LogP contribution in [0.25, 0.3) is 0 Å². The van der Waals surface area contributed by atoms with Crippen molar-refractivity contribution in [2.24, 2.45) is 52.3 Å². The predicted molar refractivity (Wildman–Crippen MR) is 128 cm³/mol. The van der Waals surface area contributed by atoms with E-state index in [1.165, 1.54) is 44.9 Å². The lowest BCUT2D eigenvalue weighted by molar-refractivity contribution is -0.0540. The molecule has 170 valence electrons. The first-order valence-corrected chi connectivity index (χ1v) is 13.3. The molecule has 0 heterocycles. The van der Waals surface area contributed by atoms with Crippen LogP contribution in [0.5, 0.6) is 0 Å². The number of aliphatic hydroxyl groups excluding tert-OH is 1. The quantitative estimate of drug-likeness (QED) is 0.457. The third kappa shape index (κ3) is 3.66. The van der Waals surface area contributed by atoms with Gasteiger partial charge in [0, 0.05) is 0 Å². The normalized spacial score (nSPS) is 45.6. The highest BCUT2D eigenvalue weighted by atomic mass is 16.3. The summed E-state index contributed by atoms with van der Waals surface area (Å²) in [5.74, 6) is 5.70. The molecule has 0 aromatic rings. The lowest BCUT2D eigenvalue weighted by Gasteiger charge is -2.58. The first kappa shape index (κ1) is 22.6. The topological polar surface area (TPSA) is 20.2 Å². The minimum absolute atomic E-state index is 0.0870. The fraction of sp³-hybridized carbons (Fsp3) is 0.862. The highest BCUT2D eigenvalue weighted by Gasteiger charge is 2.58. The molecule has 1 heteroatoms. The highest BCUT2D eigenvalue weighted by molar-refractivity contribution is 5.25. The number of fused-ring (bicyclic) bond motifs is 5. The fourth-order valence-corrected chi connectivity index (χ4v) is 8.83. The second-order valence-electron chi connectivity index (χ2n) is 12.4. The highest BCUT2D eigenvalue weighted by Crippen LogP contribution is 2.67. The minimum Gasteiger partial charge on any atom is -0.393 e. The molecule has 0 aromatic heterocycles. The van der Waals surface area contributed by atoms with Crippen LogP contribution in [0.3, 0.4) is 0 Å².